The summed E-state index contributed by atoms with van der Waals surface area (Å²) in [5.74, 6) is -0.525. The van der Waals surface area contributed by atoms with Crippen LogP contribution >= 0.6 is 0 Å². The van der Waals surface area contributed by atoms with Crippen LogP contribution < -0.4 is 5.32 Å². The number of amides is 1. The Kier molecular flexibility index (Phi) is 34.8. The molecule has 4 N–H and O–H groups in total. The van der Waals surface area contributed by atoms with E-state index >= 15 is 0 Å². The molecule has 0 bridgehead atoms. The quantitative estimate of drug-likeness (QED) is 0.0414. The van der Waals surface area contributed by atoms with Gasteiger partial charge >= 0.3 is 0 Å². The lowest BCUT2D eigenvalue weighted by atomic mass is 10.0. The van der Waals surface area contributed by atoms with Gasteiger partial charge in [0.05, 0.1) is 18.8 Å². The first kappa shape index (κ1) is 44.3. The molecule has 0 spiro atoms. The highest BCUT2D eigenvalue weighted by atomic mass is 16.3. The van der Waals surface area contributed by atoms with Gasteiger partial charge in [-0.3, -0.25) is 4.79 Å². The van der Waals surface area contributed by atoms with Gasteiger partial charge in [-0.05, 0) is 64.2 Å². The first-order valence-electron chi connectivity index (χ1n) is 19.5. The highest BCUT2D eigenvalue weighted by Gasteiger charge is 2.22. The maximum absolute atomic E-state index is 12.4. The number of rotatable bonds is 34. The summed E-state index contributed by atoms with van der Waals surface area (Å²) in [6, 6.07) is -0.817. The SMILES string of the molecule is CCCCCC/C=C/CC/C=C/C(O)C(CO)NC(=O)C(O)CCCCCCCC/C=C\C/C=C\CCCCCCCCCCC. The molecule has 0 saturated heterocycles. The highest BCUT2D eigenvalue weighted by molar-refractivity contribution is 5.80. The molecule has 5 heteroatoms. The molecule has 0 rings (SSSR count). The molecular weight excluding hydrogens is 570 g/mol. The fourth-order valence-corrected chi connectivity index (χ4v) is 5.52. The van der Waals surface area contributed by atoms with Gasteiger partial charge in [0.1, 0.15) is 6.10 Å². The topological polar surface area (TPSA) is 89.8 Å². The second-order valence-corrected chi connectivity index (χ2v) is 13.1. The van der Waals surface area contributed by atoms with E-state index in [1.807, 2.05) is 6.08 Å². The average Bonchev–Trinajstić information content (AvgIpc) is 3.06. The molecule has 0 aliphatic carbocycles. The van der Waals surface area contributed by atoms with E-state index in [0.29, 0.717) is 6.42 Å². The van der Waals surface area contributed by atoms with Crippen LogP contribution in [0, 0.1) is 0 Å². The van der Waals surface area contributed by atoms with Crippen molar-refractivity contribution in [1.82, 2.24) is 5.32 Å². The molecule has 0 aromatic rings. The van der Waals surface area contributed by atoms with Gasteiger partial charge in [-0.15, -0.1) is 0 Å². The summed E-state index contributed by atoms with van der Waals surface area (Å²) in [6.45, 7) is 4.11. The molecule has 0 aromatic carbocycles. The summed E-state index contributed by atoms with van der Waals surface area (Å²) < 4.78 is 0. The molecule has 0 aromatic heterocycles. The summed E-state index contributed by atoms with van der Waals surface area (Å²) in [5.41, 5.74) is 0. The van der Waals surface area contributed by atoms with Gasteiger partial charge in [0.15, 0.2) is 0 Å². The smallest absolute Gasteiger partial charge is 0.249 e. The van der Waals surface area contributed by atoms with Crippen LogP contribution in [0.5, 0.6) is 0 Å². The van der Waals surface area contributed by atoms with Crippen molar-refractivity contribution in [2.24, 2.45) is 0 Å². The summed E-state index contributed by atoms with van der Waals surface area (Å²) in [6.07, 6.45) is 45.7. The van der Waals surface area contributed by atoms with Crippen LogP contribution in [0.15, 0.2) is 48.6 Å². The minimum Gasteiger partial charge on any atom is -0.394 e. The third kappa shape index (κ3) is 30.9. The molecule has 0 fully saturated rings. The molecule has 46 heavy (non-hydrogen) atoms. The maximum Gasteiger partial charge on any atom is 0.249 e. The first-order chi connectivity index (χ1) is 22.6. The van der Waals surface area contributed by atoms with Crippen LogP contribution in [0.2, 0.25) is 0 Å². The van der Waals surface area contributed by atoms with Crippen LogP contribution in [0.3, 0.4) is 0 Å². The lowest BCUT2D eigenvalue weighted by Crippen LogP contribution is -2.48. The fourth-order valence-electron chi connectivity index (χ4n) is 5.52. The van der Waals surface area contributed by atoms with E-state index in [2.05, 4.69) is 55.6 Å². The van der Waals surface area contributed by atoms with Crippen molar-refractivity contribution in [3.63, 3.8) is 0 Å². The summed E-state index contributed by atoms with van der Waals surface area (Å²) >= 11 is 0. The van der Waals surface area contributed by atoms with Gasteiger partial charge in [-0.25, -0.2) is 0 Å². The summed E-state index contributed by atoms with van der Waals surface area (Å²) in [4.78, 5) is 12.4. The molecule has 268 valence electrons. The van der Waals surface area contributed by atoms with Crippen molar-refractivity contribution in [3.05, 3.63) is 48.6 Å². The molecule has 3 unspecified atom stereocenters. The van der Waals surface area contributed by atoms with Crippen LogP contribution in [-0.2, 0) is 4.79 Å². The Morgan fingerprint density at radius 2 is 0.957 bits per heavy atom. The van der Waals surface area contributed by atoms with E-state index in [-0.39, 0.29) is 6.61 Å². The number of aliphatic hydroxyl groups excluding tert-OH is 3. The Morgan fingerprint density at radius 3 is 1.48 bits per heavy atom. The van der Waals surface area contributed by atoms with Crippen LogP contribution in [0.1, 0.15) is 181 Å². The predicted octanol–water partition coefficient (Wildman–Crippen LogP) is 10.6. The van der Waals surface area contributed by atoms with Crippen molar-refractivity contribution in [2.75, 3.05) is 6.61 Å². The highest BCUT2D eigenvalue weighted by Crippen LogP contribution is 2.12. The third-order valence-electron chi connectivity index (χ3n) is 8.64. The van der Waals surface area contributed by atoms with E-state index in [9.17, 15) is 20.1 Å². The van der Waals surface area contributed by atoms with E-state index in [1.165, 1.54) is 109 Å². The molecule has 0 aliphatic heterocycles. The normalized spacial score (nSPS) is 14.3. The number of allylic oxidation sites excluding steroid dienone is 7. The summed E-state index contributed by atoms with van der Waals surface area (Å²) in [7, 11) is 0. The molecule has 5 nitrogen and oxygen atoms in total. The molecule has 0 heterocycles. The molecular formula is C41H75NO4. The number of carbonyl (C=O) groups is 1. The lowest BCUT2D eigenvalue weighted by Gasteiger charge is -2.21. The Balaban J connectivity index is 3.74. The number of unbranched alkanes of at least 4 members (excludes halogenated alkanes) is 20. The Hall–Kier alpha value is -1.69. The predicted molar refractivity (Wildman–Crippen MR) is 199 cm³/mol. The van der Waals surface area contributed by atoms with Crippen LogP contribution in [0.25, 0.3) is 0 Å². The molecule has 0 radical (unpaired) electrons. The fraction of sp³-hybridized carbons (Fsp3) is 0.780. The van der Waals surface area contributed by atoms with Crippen molar-refractivity contribution < 1.29 is 20.1 Å². The third-order valence-corrected chi connectivity index (χ3v) is 8.64. The zero-order chi connectivity index (χ0) is 33.8. The number of carbonyl (C=O) groups excluding carboxylic acids is 1. The van der Waals surface area contributed by atoms with Crippen molar-refractivity contribution in [2.45, 2.75) is 199 Å². The van der Waals surface area contributed by atoms with E-state index in [4.69, 9.17) is 0 Å². The Morgan fingerprint density at radius 1 is 0.543 bits per heavy atom. The largest absolute Gasteiger partial charge is 0.394 e. The monoisotopic (exact) mass is 646 g/mol. The molecule has 0 aliphatic rings. The van der Waals surface area contributed by atoms with Gasteiger partial charge in [-0.1, -0.05) is 165 Å². The van der Waals surface area contributed by atoms with E-state index < -0.39 is 24.2 Å². The summed E-state index contributed by atoms with van der Waals surface area (Å²) in [5, 5.41) is 32.9. The van der Waals surface area contributed by atoms with E-state index in [0.717, 1.165) is 51.4 Å². The first-order valence-corrected chi connectivity index (χ1v) is 19.5. The van der Waals surface area contributed by atoms with Crippen LogP contribution in [0.4, 0.5) is 0 Å². The molecule has 1 amide bonds. The van der Waals surface area contributed by atoms with Crippen molar-refractivity contribution in [1.29, 1.82) is 0 Å². The molecule has 0 saturated carbocycles. The number of hydrogen-bond acceptors (Lipinski definition) is 4. The van der Waals surface area contributed by atoms with Crippen molar-refractivity contribution in [3.8, 4) is 0 Å². The van der Waals surface area contributed by atoms with Gasteiger partial charge in [-0.2, -0.15) is 0 Å². The number of hydrogen-bond donors (Lipinski definition) is 4. The van der Waals surface area contributed by atoms with Gasteiger partial charge in [0, 0.05) is 0 Å². The van der Waals surface area contributed by atoms with Gasteiger partial charge < -0.3 is 20.6 Å². The number of aliphatic hydroxyl groups is 3. The number of nitrogens with one attached hydrogen (secondary N) is 1. The Labute approximate surface area is 285 Å². The second-order valence-electron chi connectivity index (χ2n) is 13.1. The maximum atomic E-state index is 12.4. The lowest BCUT2D eigenvalue weighted by molar-refractivity contribution is -0.131. The zero-order valence-electron chi connectivity index (χ0n) is 30.2. The minimum atomic E-state index is -1.11. The Bertz CT molecular complexity index is 760. The minimum absolute atomic E-state index is 0.382. The van der Waals surface area contributed by atoms with Crippen molar-refractivity contribution >= 4 is 5.91 Å². The van der Waals surface area contributed by atoms with E-state index in [1.54, 1.807) is 6.08 Å². The van der Waals surface area contributed by atoms with Crippen LogP contribution in [-0.4, -0.2) is 46.1 Å². The van der Waals surface area contributed by atoms with Gasteiger partial charge in [0.2, 0.25) is 5.91 Å². The average molecular weight is 646 g/mol. The van der Waals surface area contributed by atoms with Gasteiger partial charge in [0.25, 0.3) is 0 Å². The zero-order valence-corrected chi connectivity index (χ0v) is 30.2. The molecule has 3 atom stereocenters. The second kappa shape index (κ2) is 36.2. The standard InChI is InChI=1S/C41H75NO4/c1-3-5-7-9-11-13-15-16-17-18-19-20-21-22-23-24-25-26-28-30-32-34-36-40(45)41(46)42-38(37-43)39(44)35-33-31-29-27-14-12-10-8-6-4-2/h14,19-20,22-23,27,33,35,38-40,43-45H,3-13,15-18,21,24-26,28-32,34,36-37H2,1-2H3,(H,42,46)/b20-19-,23-22-,27-14+,35-33+.